The molecule has 1 unspecified atom stereocenters. The van der Waals surface area contributed by atoms with Crippen LogP contribution in [-0.4, -0.2) is 29.3 Å². The van der Waals surface area contributed by atoms with Crippen molar-refractivity contribution in [2.24, 2.45) is 0 Å². The molecule has 1 aromatic heterocycles. The fourth-order valence-electron chi connectivity index (χ4n) is 4.08. The van der Waals surface area contributed by atoms with Crippen molar-refractivity contribution in [1.82, 2.24) is 15.1 Å². The molecule has 0 bridgehead atoms. The second-order valence-corrected chi connectivity index (χ2v) is 7.59. The average Bonchev–Trinajstić information content (AvgIpc) is 3.23. The van der Waals surface area contributed by atoms with Crippen LogP contribution >= 0.6 is 0 Å². The molecule has 5 nitrogen and oxygen atoms in total. The molecule has 0 fully saturated rings. The lowest BCUT2D eigenvalue weighted by Crippen LogP contribution is -2.28. The fourth-order valence-corrected chi connectivity index (χ4v) is 4.08. The summed E-state index contributed by atoms with van der Waals surface area (Å²) >= 11 is 0. The SMILES string of the molecule is COc1ccc2c(c1)CCCC2CC(=O)NCCc1cnn(-c2ccccc2)c1. The van der Waals surface area contributed by atoms with Crippen molar-refractivity contribution in [3.8, 4) is 11.4 Å². The first-order chi connectivity index (χ1) is 14.2. The van der Waals surface area contributed by atoms with Crippen molar-refractivity contribution < 1.29 is 9.53 Å². The Balaban J connectivity index is 1.29. The van der Waals surface area contributed by atoms with Crippen molar-refractivity contribution in [3.05, 3.63) is 77.6 Å². The van der Waals surface area contributed by atoms with Crippen molar-refractivity contribution in [2.45, 2.75) is 38.0 Å². The third-order valence-corrected chi connectivity index (χ3v) is 5.61. The zero-order chi connectivity index (χ0) is 20.1. The molecule has 0 saturated carbocycles. The normalized spacial score (nSPS) is 15.6. The number of fused-ring (bicyclic) bond motifs is 1. The second-order valence-electron chi connectivity index (χ2n) is 7.59. The maximum absolute atomic E-state index is 12.5. The zero-order valence-electron chi connectivity index (χ0n) is 16.8. The molecule has 0 spiro atoms. The van der Waals surface area contributed by atoms with Crippen LogP contribution in [0.1, 0.15) is 41.9 Å². The van der Waals surface area contributed by atoms with Gasteiger partial charge in [0.25, 0.3) is 0 Å². The number of rotatable bonds is 7. The number of amides is 1. The standard InChI is InChI=1S/C24H27N3O2/c1-29-22-10-11-23-19(14-22)6-5-7-20(23)15-24(28)25-13-12-18-16-26-27(17-18)21-8-3-2-4-9-21/h2-4,8-11,14,16-17,20H,5-7,12-13,15H2,1H3,(H,25,28). The topological polar surface area (TPSA) is 56.1 Å². The average molecular weight is 389 g/mol. The number of hydrogen-bond acceptors (Lipinski definition) is 3. The maximum Gasteiger partial charge on any atom is 0.220 e. The van der Waals surface area contributed by atoms with Crippen LogP contribution in [0, 0.1) is 0 Å². The van der Waals surface area contributed by atoms with Gasteiger partial charge in [-0.1, -0.05) is 24.3 Å². The Bertz CT molecular complexity index is 965. The van der Waals surface area contributed by atoms with Crippen molar-refractivity contribution >= 4 is 5.91 Å². The summed E-state index contributed by atoms with van der Waals surface area (Å²) in [5.74, 6) is 1.31. The van der Waals surface area contributed by atoms with E-state index >= 15 is 0 Å². The third-order valence-electron chi connectivity index (χ3n) is 5.61. The van der Waals surface area contributed by atoms with E-state index in [2.05, 4.69) is 22.5 Å². The van der Waals surface area contributed by atoms with Crippen LogP contribution in [0.15, 0.2) is 60.9 Å². The molecular weight excluding hydrogens is 362 g/mol. The first-order valence-corrected chi connectivity index (χ1v) is 10.3. The van der Waals surface area contributed by atoms with Gasteiger partial charge in [-0.3, -0.25) is 4.79 Å². The number of hydrogen-bond donors (Lipinski definition) is 1. The molecule has 1 aliphatic carbocycles. The summed E-state index contributed by atoms with van der Waals surface area (Å²) in [7, 11) is 1.69. The lowest BCUT2D eigenvalue weighted by Gasteiger charge is -2.25. The molecule has 3 aromatic rings. The van der Waals surface area contributed by atoms with Crippen LogP contribution < -0.4 is 10.1 Å². The van der Waals surface area contributed by atoms with E-state index in [-0.39, 0.29) is 5.91 Å². The molecule has 29 heavy (non-hydrogen) atoms. The molecule has 0 aliphatic heterocycles. The lowest BCUT2D eigenvalue weighted by atomic mass is 9.81. The summed E-state index contributed by atoms with van der Waals surface area (Å²) in [6.45, 7) is 0.626. The van der Waals surface area contributed by atoms with Crippen LogP contribution in [-0.2, 0) is 17.6 Å². The number of benzene rings is 2. The first kappa shape index (κ1) is 19.2. The third kappa shape index (κ3) is 4.67. The monoisotopic (exact) mass is 389 g/mol. The van der Waals surface area contributed by atoms with E-state index in [1.54, 1.807) is 7.11 Å². The minimum absolute atomic E-state index is 0.120. The van der Waals surface area contributed by atoms with E-state index in [9.17, 15) is 4.79 Å². The molecule has 1 heterocycles. The van der Waals surface area contributed by atoms with Crippen LogP contribution in [0.25, 0.3) is 5.69 Å². The van der Waals surface area contributed by atoms with Gasteiger partial charge in [0.05, 0.1) is 19.0 Å². The highest BCUT2D eigenvalue weighted by molar-refractivity contribution is 5.77. The van der Waals surface area contributed by atoms with E-state index in [4.69, 9.17) is 4.74 Å². The highest BCUT2D eigenvalue weighted by Crippen LogP contribution is 2.35. The van der Waals surface area contributed by atoms with E-state index in [1.165, 1.54) is 11.1 Å². The van der Waals surface area contributed by atoms with Gasteiger partial charge in [0.15, 0.2) is 0 Å². The highest BCUT2D eigenvalue weighted by atomic mass is 16.5. The number of methoxy groups -OCH3 is 1. The lowest BCUT2D eigenvalue weighted by molar-refractivity contribution is -0.121. The molecule has 1 aliphatic rings. The van der Waals surface area contributed by atoms with Crippen LogP contribution in [0.2, 0.25) is 0 Å². The van der Waals surface area contributed by atoms with Gasteiger partial charge in [-0.25, -0.2) is 4.68 Å². The highest BCUT2D eigenvalue weighted by Gasteiger charge is 2.23. The van der Waals surface area contributed by atoms with Gasteiger partial charge in [-0.2, -0.15) is 5.10 Å². The zero-order valence-corrected chi connectivity index (χ0v) is 16.8. The van der Waals surface area contributed by atoms with Gasteiger partial charge >= 0.3 is 0 Å². The van der Waals surface area contributed by atoms with Crippen molar-refractivity contribution in [3.63, 3.8) is 0 Å². The number of aryl methyl sites for hydroxylation is 1. The Morgan fingerprint density at radius 3 is 2.93 bits per heavy atom. The molecule has 0 saturated heterocycles. The summed E-state index contributed by atoms with van der Waals surface area (Å²) in [5, 5.41) is 7.49. The molecule has 1 N–H and O–H groups in total. The Labute approximate surface area is 171 Å². The molecule has 4 rings (SSSR count). The number of ether oxygens (including phenoxy) is 1. The van der Waals surface area contributed by atoms with E-state index in [0.29, 0.717) is 18.9 Å². The maximum atomic E-state index is 12.5. The van der Waals surface area contributed by atoms with Crippen LogP contribution in [0.4, 0.5) is 0 Å². The molecule has 5 heteroatoms. The van der Waals surface area contributed by atoms with Crippen molar-refractivity contribution in [2.75, 3.05) is 13.7 Å². The second kappa shape index (κ2) is 8.95. The Morgan fingerprint density at radius 2 is 2.10 bits per heavy atom. The molecular formula is C24H27N3O2. The number of para-hydroxylation sites is 1. The van der Waals surface area contributed by atoms with Gasteiger partial charge in [0.2, 0.25) is 5.91 Å². The summed E-state index contributed by atoms with van der Waals surface area (Å²) in [4.78, 5) is 12.5. The number of carbonyl (C=O) groups is 1. The minimum Gasteiger partial charge on any atom is -0.497 e. The smallest absolute Gasteiger partial charge is 0.220 e. The van der Waals surface area contributed by atoms with E-state index in [0.717, 1.165) is 42.7 Å². The Kier molecular flexibility index (Phi) is 5.94. The Morgan fingerprint density at radius 1 is 1.24 bits per heavy atom. The van der Waals surface area contributed by atoms with Gasteiger partial charge in [0.1, 0.15) is 5.75 Å². The van der Waals surface area contributed by atoms with Gasteiger partial charge in [-0.05, 0) is 72.6 Å². The first-order valence-electron chi connectivity index (χ1n) is 10.3. The van der Waals surface area contributed by atoms with E-state index in [1.807, 2.05) is 53.5 Å². The van der Waals surface area contributed by atoms with Gasteiger partial charge in [0, 0.05) is 19.2 Å². The van der Waals surface area contributed by atoms with E-state index < -0.39 is 0 Å². The number of nitrogens with one attached hydrogen (secondary N) is 1. The minimum atomic E-state index is 0.120. The summed E-state index contributed by atoms with van der Waals surface area (Å²) in [5.41, 5.74) is 4.78. The predicted octanol–water partition coefficient (Wildman–Crippen LogP) is 4.05. The molecule has 0 radical (unpaired) electrons. The quantitative estimate of drug-likeness (QED) is 0.663. The molecule has 150 valence electrons. The van der Waals surface area contributed by atoms with Crippen molar-refractivity contribution in [1.29, 1.82) is 0 Å². The summed E-state index contributed by atoms with van der Waals surface area (Å²) in [6, 6.07) is 16.3. The summed E-state index contributed by atoms with van der Waals surface area (Å²) < 4.78 is 7.20. The predicted molar refractivity (Wildman–Crippen MR) is 114 cm³/mol. The van der Waals surface area contributed by atoms with Crippen LogP contribution in [0.3, 0.4) is 0 Å². The number of aromatic nitrogens is 2. The number of carbonyl (C=O) groups excluding carboxylic acids is 1. The number of nitrogens with zero attached hydrogens (tertiary/aromatic N) is 2. The molecule has 2 aromatic carbocycles. The molecule has 1 atom stereocenters. The molecule has 1 amide bonds. The fraction of sp³-hybridized carbons (Fsp3) is 0.333. The van der Waals surface area contributed by atoms with Gasteiger partial charge in [-0.15, -0.1) is 0 Å². The largest absolute Gasteiger partial charge is 0.497 e. The van der Waals surface area contributed by atoms with Crippen LogP contribution in [0.5, 0.6) is 5.75 Å². The Hall–Kier alpha value is -3.08. The van der Waals surface area contributed by atoms with Gasteiger partial charge < -0.3 is 10.1 Å². The summed E-state index contributed by atoms with van der Waals surface area (Å²) in [6.07, 6.45) is 8.46.